The van der Waals surface area contributed by atoms with Crippen molar-refractivity contribution in [3.05, 3.63) is 29.7 Å². The van der Waals surface area contributed by atoms with Gasteiger partial charge in [-0.1, -0.05) is 6.07 Å². The predicted molar refractivity (Wildman–Crippen MR) is 59.4 cm³/mol. The zero-order valence-electron chi connectivity index (χ0n) is 9.17. The van der Waals surface area contributed by atoms with Crippen molar-refractivity contribution in [2.24, 2.45) is 0 Å². The van der Waals surface area contributed by atoms with Gasteiger partial charge in [-0.2, -0.15) is 0 Å². The number of hydrogen-bond acceptors (Lipinski definition) is 3. The smallest absolute Gasteiger partial charge is 0.161 e. The SMILES string of the molecule is COc1ccc([C]2CCNC2)cc1OC. The number of rotatable bonds is 3. The van der Waals surface area contributed by atoms with Crippen molar-refractivity contribution in [2.75, 3.05) is 27.3 Å². The average molecular weight is 206 g/mol. The highest BCUT2D eigenvalue weighted by atomic mass is 16.5. The molecule has 0 aromatic heterocycles. The Morgan fingerprint density at radius 2 is 1.93 bits per heavy atom. The summed E-state index contributed by atoms with van der Waals surface area (Å²) >= 11 is 0. The molecule has 1 radical (unpaired) electrons. The minimum Gasteiger partial charge on any atom is -0.493 e. The van der Waals surface area contributed by atoms with Gasteiger partial charge in [0.1, 0.15) is 0 Å². The average Bonchev–Trinajstić information content (AvgIpc) is 2.81. The molecule has 0 saturated carbocycles. The molecule has 0 spiro atoms. The topological polar surface area (TPSA) is 30.5 Å². The van der Waals surface area contributed by atoms with Gasteiger partial charge in [-0.05, 0) is 30.7 Å². The van der Waals surface area contributed by atoms with Gasteiger partial charge in [0.05, 0.1) is 14.2 Å². The van der Waals surface area contributed by atoms with Gasteiger partial charge in [0.25, 0.3) is 0 Å². The first-order valence-corrected chi connectivity index (χ1v) is 5.13. The summed E-state index contributed by atoms with van der Waals surface area (Å²) in [6, 6.07) is 6.09. The van der Waals surface area contributed by atoms with E-state index in [0.717, 1.165) is 31.0 Å². The fraction of sp³-hybridized carbons (Fsp3) is 0.417. The number of hydrogen-bond donors (Lipinski definition) is 1. The zero-order valence-corrected chi connectivity index (χ0v) is 9.17. The van der Waals surface area contributed by atoms with Crippen molar-refractivity contribution in [1.82, 2.24) is 5.32 Å². The molecule has 1 heterocycles. The van der Waals surface area contributed by atoms with Gasteiger partial charge in [-0.25, -0.2) is 0 Å². The van der Waals surface area contributed by atoms with E-state index >= 15 is 0 Å². The van der Waals surface area contributed by atoms with Gasteiger partial charge in [0.15, 0.2) is 11.5 Å². The van der Waals surface area contributed by atoms with Crippen LogP contribution in [0.25, 0.3) is 0 Å². The highest BCUT2D eigenvalue weighted by Crippen LogP contribution is 2.31. The van der Waals surface area contributed by atoms with Gasteiger partial charge in [-0.15, -0.1) is 0 Å². The molecule has 0 atom stereocenters. The van der Waals surface area contributed by atoms with Gasteiger partial charge in [0, 0.05) is 12.5 Å². The molecule has 0 unspecified atom stereocenters. The van der Waals surface area contributed by atoms with E-state index in [4.69, 9.17) is 9.47 Å². The Kier molecular flexibility index (Phi) is 3.11. The Hall–Kier alpha value is -1.22. The van der Waals surface area contributed by atoms with Crippen molar-refractivity contribution < 1.29 is 9.47 Å². The highest BCUT2D eigenvalue weighted by molar-refractivity contribution is 5.47. The molecule has 1 aliphatic rings. The minimum absolute atomic E-state index is 0.785. The molecule has 1 fully saturated rings. The third kappa shape index (κ3) is 2.07. The van der Waals surface area contributed by atoms with E-state index in [0.29, 0.717) is 0 Å². The van der Waals surface area contributed by atoms with Crippen LogP contribution in [0.1, 0.15) is 12.0 Å². The Balaban J connectivity index is 2.25. The van der Waals surface area contributed by atoms with E-state index in [1.807, 2.05) is 12.1 Å². The summed E-state index contributed by atoms with van der Waals surface area (Å²) in [5, 5.41) is 3.33. The van der Waals surface area contributed by atoms with Crippen LogP contribution in [0.2, 0.25) is 0 Å². The Morgan fingerprint density at radius 3 is 2.53 bits per heavy atom. The van der Waals surface area contributed by atoms with Crippen molar-refractivity contribution >= 4 is 0 Å². The van der Waals surface area contributed by atoms with Crippen LogP contribution in [0.5, 0.6) is 11.5 Å². The molecular formula is C12H16NO2. The molecule has 3 nitrogen and oxygen atoms in total. The summed E-state index contributed by atoms with van der Waals surface area (Å²) in [7, 11) is 3.32. The fourth-order valence-corrected chi connectivity index (χ4v) is 1.87. The molecule has 1 aromatic carbocycles. The monoisotopic (exact) mass is 206 g/mol. The van der Waals surface area contributed by atoms with E-state index in [2.05, 4.69) is 11.4 Å². The van der Waals surface area contributed by atoms with Crippen molar-refractivity contribution in [3.8, 4) is 11.5 Å². The van der Waals surface area contributed by atoms with E-state index in [1.54, 1.807) is 14.2 Å². The largest absolute Gasteiger partial charge is 0.493 e. The molecule has 1 aromatic rings. The van der Waals surface area contributed by atoms with E-state index in [9.17, 15) is 0 Å². The Morgan fingerprint density at radius 1 is 1.13 bits per heavy atom. The van der Waals surface area contributed by atoms with Crippen LogP contribution in [-0.2, 0) is 0 Å². The first kappa shape index (κ1) is 10.3. The second kappa shape index (κ2) is 4.53. The molecular weight excluding hydrogens is 190 g/mol. The third-order valence-electron chi connectivity index (χ3n) is 2.73. The quantitative estimate of drug-likeness (QED) is 0.815. The first-order chi connectivity index (χ1) is 7.35. The molecule has 0 bridgehead atoms. The summed E-state index contributed by atoms with van der Waals surface area (Å²) in [6.07, 6.45) is 1.12. The van der Waals surface area contributed by atoms with Gasteiger partial charge < -0.3 is 14.8 Å². The lowest BCUT2D eigenvalue weighted by atomic mass is 9.98. The van der Waals surface area contributed by atoms with Crippen LogP contribution < -0.4 is 14.8 Å². The lowest BCUT2D eigenvalue weighted by Gasteiger charge is -2.12. The standard InChI is InChI=1S/C12H16NO2/c1-14-11-4-3-9(7-12(11)15-2)10-5-6-13-8-10/h3-4,7,13H,5-6,8H2,1-2H3. The summed E-state index contributed by atoms with van der Waals surface area (Å²) in [4.78, 5) is 0. The van der Waals surface area contributed by atoms with Crippen LogP contribution in [-0.4, -0.2) is 27.3 Å². The highest BCUT2D eigenvalue weighted by Gasteiger charge is 2.18. The Labute approximate surface area is 90.4 Å². The number of benzene rings is 1. The van der Waals surface area contributed by atoms with Crippen LogP contribution in [0.4, 0.5) is 0 Å². The summed E-state index contributed by atoms with van der Waals surface area (Å²) in [5.74, 6) is 3.03. The molecule has 3 heteroatoms. The molecule has 0 amide bonds. The van der Waals surface area contributed by atoms with E-state index in [1.165, 1.54) is 11.5 Å². The van der Waals surface area contributed by atoms with E-state index in [-0.39, 0.29) is 0 Å². The second-order valence-corrected chi connectivity index (χ2v) is 3.60. The molecule has 81 valence electrons. The molecule has 1 saturated heterocycles. The Bertz CT molecular complexity index is 332. The lowest BCUT2D eigenvalue weighted by Crippen LogP contribution is -2.08. The van der Waals surface area contributed by atoms with Crippen LogP contribution in [0, 0.1) is 5.92 Å². The lowest BCUT2D eigenvalue weighted by molar-refractivity contribution is 0.354. The summed E-state index contributed by atoms with van der Waals surface area (Å²) in [6.45, 7) is 2.05. The number of ether oxygens (including phenoxy) is 2. The fourth-order valence-electron chi connectivity index (χ4n) is 1.87. The summed E-state index contributed by atoms with van der Waals surface area (Å²) < 4.78 is 10.5. The summed E-state index contributed by atoms with van der Waals surface area (Å²) in [5.41, 5.74) is 1.25. The van der Waals surface area contributed by atoms with Gasteiger partial charge in [0.2, 0.25) is 0 Å². The number of nitrogens with one attached hydrogen (secondary N) is 1. The first-order valence-electron chi connectivity index (χ1n) is 5.13. The maximum atomic E-state index is 5.28. The molecule has 2 rings (SSSR count). The van der Waals surface area contributed by atoms with Crippen LogP contribution in [0.3, 0.4) is 0 Å². The molecule has 1 aliphatic heterocycles. The van der Waals surface area contributed by atoms with E-state index < -0.39 is 0 Å². The second-order valence-electron chi connectivity index (χ2n) is 3.60. The van der Waals surface area contributed by atoms with Crippen LogP contribution >= 0.6 is 0 Å². The van der Waals surface area contributed by atoms with Crippen molar-refractivity contribution in [2.45, 2.75) is 6.42 Å². The van der Waals surface area contributed by atoms with Crippen LogP contribution in [0.15, 0.2) is 18.2 Å². The molecule has 15 heavy (non-hydrogen) atoms. The van der Waals surface area contributed by atoms with Crippen molar-refractivity contribution in [3.63, 3.8) is 0 Å². The zero-order chi connectivity index (χ0) is 10.7. The molecule has 1 N–H and O–H groups in total. The van der Waals surface area contributed by atoms with Crippen molar-refractivity contribution in [1.29, 1.82) is 0 Å². The normalized spacial score (nSPS) is 16.7. The predicted octanol–water partition coefficient (Wildman–Crippen LogP) is 1.62. The van der Waals surface area contributed by atoms with Gasteiger partial charge >= 0.3 is 0 Å². The maximum Gasteiger partial charge on any atom is 0.161 e. The number of methoxy groups -OCH3 is 2. The third-order valence-corrected chi connectivity index (χ3v) is 2.73. The molecule has 0 aliphatic carbocycles. The van der Waals surface area contributed by atoms with Gasteiger partial charge in [-0.3, -0.25) is 0 Å². The maximum absolute atomic E-state index is 5.28. The minimum atomic E-state index is 0.785.